The van der Waals surface area contributed by atoms with Crippen molar-refractivity contribution < 1.29 is 19.4 Å². The number of Topliss-reactive ketones (excluding diaryl/α,β-unsaturated/α-hetero) is 1. The first-order valence-corrected chi connectivity index (χ1v) is 14.1. The van der Waals surface area contributed by atoms with Crippen molar-refractivity contribution in [1.29, 1.82) is 0 Å². The molecule has 5 nitrogen and oxygen atoms in total. The van der Waals surface area contributed by atoms with Gasteiger partial charge in [0.1, 0.15) is 18.8 Å². The lowest BCUT2D eigenvalue weighted by Crippen LogP contribution is -2.32. The topological polar surface area (TPSA) is 75.6 Å². The molecular weight excluding hydrogens is 494 g/mol. The van der Waals surface area contributed by atoms with Crippen LogP contribution >= 0.6 is 11.3 Å². The Kier molecular flexibility index (Phi) is 8.64. The van der Waals surface area contributed by atoms with Crippen LogP contribution in [-0.2, 0) is 28.9 Å². The SMILES string of the molecule is O=C(CO)c1cc2ccc(CCc3cccc(CN[C@H](C(=O)OC4CCCC4)c4ccccc4)c3)cc2s1. The fourth-order valence-corrected chi connectivity index (χ4v) is 6.13. The minimum absolute atomic E-state index is 0.0361. The first-order chi connectivity index (χ1) is 18.6. The van der Waals surface area contributed by atoms with Crippen molar-refractivity contribution in [3.8, 4) is 0 Å². The summed E-state index contributed by atoms with van der Waals surface area (Å²) in [6.07, 6.45) is 5.97. The molecule has 1 saturated carbocycles. The Labute approximate surface area is 227 Å². The molecule has 5 rings (SSSR count). The number of ketones is 1. The number of aliphatic hydroxyl groups is 1. The van der Waals surface area contributed by atoms with Crippen LogP contribution in [0.4, 0.5) is 0 Å². The van der Waals surface area contributed by atoms with E-state index in [9.17, 15) is 9.59 Å². The molecule has 0 radical (unpaired) electrons. The first kappa shape index (κ1) is 26.3. The number of aliphatic hydroxyl groups excluding tert-OH is 1. The molecule has 1 aliphatic rings. The maximum Gasteiger partial charge on any atom is 0.328 e. The summed E-state index contributed by atoms with van der Waals surface area (Å²) < 4.78 is 6.91. The van der Waals surface area contributed by atoms with Crippen molar-refractivity contribution in [2.24, 2.45) is 0 Å². The molecule has 1 heterocycles. The van der Waals surface area contributed by atoms with E-state index in [0.717, 1.165) is 59.7 Å². The lowest BCUT2D eigenvalue weighted by atomic mass is 10.0. The van der Waals surface area contributed by atoms with Gasteiger partial charge >= 0.3 is 5.97 Å². The second-order valence-electron chi connectivity index (χ2n) is 9.95. The van der Waals surface area contributed by atoms with Crippen LogP contribution in [0.15, 0.2) is 78.9 Å². The highest BCUT2D eigenvalue weighted by Crippen LogP contribution is 2.28. The average Bonchev–Trinajstić information content (AvgIpc) is 3.62. The second kappa shape index (κ2) is 12.5. The van der Waals surface area contributed by atoms with Crippen molar-refractivity contribution in [3.05, 3.63) is 106 Å². The number of rotatable bonds is 11. The minimum Gasteiger partial charge on any atom is -0.461 e. The maximum atomic E-state index is 13.1. The highest BCUT2D eigenvalue weighted by molar-refractivity contribution is 7.20. The molecule has 6 heteroatoms. The molecule has 0 bridgehead atoms. The van der Waals surface area contributed by atoms with Crippen LogP contribution in [0.1, 0.15) is 63.7 Å². The van der Waals surface area contributed by atoms with Gasteiger partial charge in [0.15, 0.2) is 5.78 Å². The highest BCUT2D eigenvalue weighted by Gasteiger charge is 2.26. The summed E-state index contributed by atoms with van der Waals surface area (Å²) in [6.45, 7) is 0.106. The summed E-state index contributed by atoms with van der Waals surface area (Å²) in [5.74, 6) is -0.438. The van der Waals surface area contributed by atoms with Crippen LogP contribution in [0.5, 0.6) is 0 Å². The highest BCUT2D eigenvalue weighted by atomic mass is 32.1. The number of esters is 1. The minimum atomic E-state index is -0.499. The zero-order valence-electron chi connectivity index (χ0n) is 21.4. The first-order valence-electron chi connectivity index (χ1n) is 13.3. The number of carbonyl (C=O) groups is 2. The molecule has 1 aromatic heterocycles. The van der Waals surface area contributed by atoms with Crippen LogP contribution in [0.2, 0.25) is 0 Å². The van der Waals surface area contributed by atoms with Gasteiger partial charge in [0.2, 0.25) is 0 Å². The van der Waals surface area contributed by atoms with E-state index in [4.69, 9.17) is 9.84 Å². The fourth-order valence-electron chi connectivity index (χ4n) is 5.07. The number of carbonyl (C=O) groups excluding carboxylic acids is 2. The number of thiophene rings is 1. The number of ether oxygens (including phenoxy) is 1. The average molecular weight is 528 g/mol. The zero-order valence-corrected chi connectivity index (χ0v) is 22.2. The third kappa shape index (κ3) is 6.57. The summed E-state index contributed by atoms with van der Waals surface area (Å²) in [5.41, 5.74) is 4.48. The summed E-state index contributed by atoms with van der Waals surface area (Å²) in [6, 6.07) is 25.9. The maximum absolute atomic E-state index is 13.1. The van der Waals surface area contributed by atoms with E-state index >= 15 is 0 Å². The molecule has 1 aliphatic carbocycles. The standard InChI is InChI=1S/C32H33NO4S/c34-21-28(35)30-19-26-16-15-23(18-29(26)38-30)14-13-22-7-6-8-24(17-22)20-33-31(25-9-2-1-3-10-25)32(36)37-27-11-4-5-12-27/h1-3,6-10,15-19,27,31,33-34H,4-5,11-14,20-21H2/t31-/m0/s1. The van der Waals surface area contributed by atoms with Gasteiger partial charge in [-0.2, -0.15) is 0 Å². The van der Waals surface area contributed by atoms with Crippen LogP contribution in [0, 0.1) is 0 Å². The molecule has 1 fully saturated rings. The van der Waals surface area contributed by atoms with Crippen LogP contribution in [0.25, 0.3) is 10.1 Å². The van der Waals surface area contributed by atoms with Gasteiger partial charge in [-0.15, -0.1) is 11.3 Å². The Bertz CT molecular complexity index is 1390. The Hall–Kier alpha value is -3.32. The second-order valence-corrected chi connectivity index (χ2v) is 11.0. The number of hydrogen-bond donors (Lipinski definition) is 2. The largest absolute Gasteiger partial charge is 0.461 e. The molecule has 0 amide bonds. The van der Waals surface area contributed by atoms with E-state index in [1.165, 1.54) is 22.5 Å². The Balaban J connectivity index is 1.22. The molecule has 0 unspecified atom stereocenters. The van der Waals surface area contributed by atoms with Gasteiger partial charge in [-0.25, -0.2) is 4.79 Å². The van der Waals surface area contributed by atoms with Crippen LogP contribution < -0.4 is 5.32 Å². The van der Waals surface area contributed by atoms with E-state index in [2.05, 4.69) is 41.7 Å². The Morgan fingerprint density at radius 3 is 2.39 bits per heavy atom. The molecule has 1 atom stereocenters. The lowest BCUT2D eigenvalue weighted by Gasteiger charge is -2.21. The number of aryl methyl sites for hydroxylation is 2. The van der Waals surface area contributed by atoms with E-state index in [1.54, 1.807) is 0 Å². The van der Waals surface area contributed by atoms with Gasteiger partial charge in [-0.05, 0) is 78.3 Å². The summed E-state index contributed by atoms with van der Waals surface area (Å²) >= 11 is 1.43. The molecule has 196 valence electrons. The van der Waals surface area contributed by atoms with E-state index < -0.39 is 12.6 Å². The lowest BCUT2D eigenvalue weighted by molar-refractivity contribution is -0.151. The van der Waals surface area contributed by atoms with Crippen molar-refractivity contribution in [3.63, 3.8) is 0 Å². The number of benzene rings is 3. The summed E-state index contributed by atoms with van der Waals surface area (Å²) in [7, 11) is 0. The number of nitrogens with one attached hydrogen (secondary N) is 1. The molecule has 2 N–H and O–H groups in total. The quantitative estimate of drug-likeness (QED) is 0.180. The van der Waals surface area contributed by atoms with E-state index in [-0.39, 0.29) is 17.9 Å². The molecule has 3 aromatic carbocycles. The predicted octanol–water partition coefficient (Wildman–Crippen LogP) is 6.18. The molecular formula is C32H33NO4S. The smallest absolute Gasteiger partial charge is 0.328 e. The third-order valence-corrected chi connectivity index (χ3v) is 8.30. The van der Waals surface area contributed by atoms with E-state index in [1.807, 2.05) is 42.5 Å². The zero-order chi connectivity index (χ0) is 26.3. The third-order valence-electron chi connectivity index (χ3n) is 7.16. The number of fused-ring (bicyclic) bond motifs is 1. The van der Waals surface area contributed by atoms with E-state index in [0.29, 0.717) is 11.4 Å². The van der Waals surface area contributed by atoms with Crippen molar-refractivity contribution in [2.75, 3.05) is 6.61 Å². The molecule has 38 heavy (non-hydrogen) atoms. The molecule has 0 aliphatic heterocycles. The van der Waals surface area contributed by atoms with Crippen LogP contribution in [0.3, 0.4) is 0 Å². The van der Waals surface area contributed by atoms with Gasteiger partial charge in [0.05, 0.1) is 4.88 Å². The van der Waals surface area contributed by atoms with Gasteiger partial charge in [-0.1, -0.05) is 66.7 Å². The molecule has 4 aromatic rings. The molecule has 0 saturated heterocycles. The van der Waals surface area contributed by atoms with Gasteiger partial charge in [-0.3, -0.25) is 10.1 Å². The van der Waals surface area contributed by atoms with Crippen molar-refractivity contribution in [2.45, 2.75) is 57.2 Å². The van der Waals surface area contributed by atoms with Gasteiger partial charge < -0.3 is 9.84 Å². The Morgan fingerprint density at radius 1 is 0.895 bits per heavy atom. The van der Waals surface area contributed by atoms with Gasteiger partial charge in [0, 0.05) is 11.2 Å². The van der Waals surface area contributed by atoms with Crippen molar-refractivity contribution in [1.82, 2.24) is 5.32 Å². The number of hydrogen-bond acceptors (Lipinski definition) is 6. The van der Waals surface area contributed by atoms with Crippen molar-refractivity contribution >= 4 is 33.2 Å². The summed E-state index contributed by atoms with van der Waals surface area (Å²) in [5, 5.41) is 13.6. The Morgan fingerprint density at radius 2 is 1.63 bits per heavy atom. The predicted molar refractivity (Wildman–Crippen MR) is 151 cm³/mol. The van der Waals surface area contributed by atoms with Gasteiger partial charge in [0.25, 0.3) is 0 Å². The normalized spacial score (nSPS) is 14.6. The molecule has 0 spiro atoms. The summed E-state index contributed by atoms with van der Waals surface area (Å²) in [4.78, 5) is 25.5. The monoisotopic (exact) mass is 527 g/mol. The van der Waals surface area contributed by atoms with Crippen LogP contribution in [-0.4, -0.2) is 29.6 Å². The fraction of sp³-hybridized carbons (Fsp3) is 0.312.